The second-order valence-corrected chi connectivity index (χ2v) is 6.46. The Hall–Kier alpha value is -2.34. The SMILES string of the molecule is O=S1(=O)c2cccc3cccc(c23)N1Cc1ccon1. The van der Waals surface area contributed by atoms with Gasteiger partial charge in [0, 0.05) is 11.5 Å². The highest BCUT2D eigenvalue weighted by Gasteiger charge is 2.35. The van der Waals surface area contributed by atoms with Crippen LogP contribution in [0.3, 0.4) is 0 Å². The van der Waals surface area contributed by atoms with Gasteiger partial charge in [0.25, 0.3) is 10.0 Å². The molecule has 5 nitrogen and oxygen atoms in total. The van der Waals surface area contributed by atoms with Crippen molar-refractivity contribution in [2.24, 2.45) is 0 Å². The molecule has 20 heavy (non-hydrogen) atoms. The average molecular weight is 286 g/mol. The zero-order valence-electron chi connectivity index (χ0n) is 10.4. The molecule has 2 aromatic carbocycles. The van der Waals surface area contributed by atoms with Gasteiger partial charge in [0.1, 0.15) is 12.0 Å². The van der Waals surface area contributed by atoms with Crippen molar-refractivity contribution < 1.29 is 12.9 Å². The van der Waals surface area contributed by atoms with E-state index in [0.717, 1.165) is 10.8 Å². The molecule has 0 fully saturated rings. The summed E-state index contributed by atoms with van der Waals surface area (Å²) in [7, 11) is -3.52. The van der Waals surface area contributed by atoms with Crippen molar-refractivity contribution >= 4 is 26.5 Å². The summed E-state index contributed by atoms with van der Waals surface area (Å²) in [4.78, 5) is 0.356. The van der Waals surface area contributed by atoms with E-state index < -0.39 is 10.0 Å². The van der Waals surface area contributed by atoms with Crippen LogP contribution in [0.25, 0.3) is 10.8 Å². The maximum atomic E-state index is 12.7. The van der Waals surface area contributed by atoms with Crippen molar-refractivity contribution in [3.63, 3.8) is 0 Å². The zero-order valence-corrected chi connectivity index (χ0v) is 11.2. The lowest BCUT2D eigenvalue weighted by molar-refractivity contribution is 0.412. The fourth-order valence-corrected chi connectivity index (χ4v) is 4.28. The van der Waals surface area contributed by atoms with E-state index in [1.54, 1.807) is 18.2 Å². The molecule has 0 amide bonds. The first kappa shape index (κ1) is 11.5. The maximum absolute atomic E-state index is 12.7. The van der Waals surface area contributed by atoms with E-state index in [0.29, 0.717) is 16.3 Å². The highest BCUT2D eigenvalue weighted by Crippen LogP contribution is 2.42. The molecule has 1 aromatic heterocycles. The molecule has 0 N–H and O–H groups in total. The molecule has 0 saturated carbocycles. The Balaban J connectivity index is 1.97. The number of benzene rings is 2. The molecule has 100 valence electrons. The molecule has 4 rings (SSSR count). The van der Waals surface area contributed by atoms with Crippen LogP contribution in [0.1, 0.15) is 5.69 Å². The highest BCUT2D eigenvalue weighted by atomic mass is 32.2. The Morgan fingerprint density at radius 3 is 2.65 bits per heavy atom. The molecular weight excluding hydrogens is 276 g/mol. The summed E-state index contributed by atoms with van der Waals surface area (Å²) in [5.41, 5.74) is 1.28. The summed E-state index contributed by atoms with van der Waals surface area (Å²) in [6.45, 7) is 0.173. The normalized spacial score (nSPS) is 15.9. The van der Waals surface area contributed by atoms with Crippen LogP contribution in [-0.2, 0) is 16.6 Å². The predicted molar refractivity (Wildman–Crippen MR) is 73.8 cm³/mol. The molecule has 0 atom stereocenters. The van der Waals surface area contributed by atoms with Crippen LogP contribution in [-0.4, -0.2) is 13.6 Å². The third-order valence-electron chi connectivity index (χ3n) is 3.48. The zero-order chi connectivity index (χ0) is 13.7. The number of sulfonamides is 1. The Morgan fingerprint density at radius 1 is 1.10 bits per heavy atom. The quantitative estimate of drug-likeness (QED) is 0.726. The van der Waals surface area contributed by atoms with E-state index in [1.807, 2.05) is 24.3 Å². The predicted octanol–water partition coefficient (Wildman–Crippen LogP) is 2.54. The Labute approximate surface area is 115 Å². The number of anilines is 1. The standard InChI is InChI=1S/C14H10N2O3S/c17-20(18)13-6-2-4-10-3-1-5-12(14(10)13)16(20)9-11-7-8-19-15-11/h1-8H,9H2. The van der Waals surface area contributed by atoms with E-state index >= 15 is 0 Å². The Kier molecular flexibility index (Phi) is 2.20. The molecule has 1 aliphatic rings. The van der Waals surface area contributed by atoms with Gasteiger partial charge in [-0.1, -0.05) is 29.4 Å². The minimum atomic E-state index is -3.52. The van der Waals surface area contributed by atoms with Crippen LogP contribution in [0, 0.1) is 0 Å². The van der Waals surface area contributed by atoms with Crippen molar-refractivity contribution in [2.75, 3.05) is 4.31 Å². The number of rotatable bonds is 2. The number of nitrogens with zero attached hydrogens (tertiary/aromatic N) is 2. The second kappa shape index (κ2) is 3.83. The van der Waals surface area contributed by atoms with Gasteiger partial charge in [0.2, 0.25) is 0 Å². The van der Waals surface area contributed by atoms with Gasteiger partial charge in [-0.2, -0.15) is 0 Å². The number of aromatic nitrogens is 1. The third kappa shape index (κ3) is 1.42. The van der Waals surface area contributed by atoms with Crippen molar-refractivity contribution in [2.45, 2.75) is 11.4 Å². The van der Waals surface area contributed by atoms with Crippen LogP contribution >= 0.6 is 0 Å². The van der Waals surface area contributed by atoms with Gasteiger partial charge in [-0.05, 0) is 17.5 Å². The van der Waals surface area contributed by atoms with Crippen LogP contribution in [0.2, 0.25) is 0 Å². The van der Waals surface area contributed by atoms with Crippen molar-refractivity contribution in [1.29, 1.82) is 0 Å². The molecule has 0 radical (unpaired) electrons. The monoisotopic (exact) mass is 286 g/mol. The minimum absolute atomic E-state index is 0.173. The molecular formula is C14H10N2O3S. The van der Waals surface area contributed by atoms with Gasteiger partial charge in [-0.25, -0.2) is 8.42 Å². The fraction of sp³-hybridized carbons (Fsp3) is 0.0714. The van der Waals surface area contributed by atoms with Crippen LogP contribution in [0.15, 0.2) is 58.1 Å². The van der Waals surface area contributed by atoms with E-state index in [9.17, 15) is 8.42 Å². The molecule has 0 bridgehead atoms. The molecule has 0 aliphatic carbocycles. The van der Waals surface area contributed by atoms with Crippen molar-refractivity contribution in [1.82, 2.24) is 5.16 Å². The molecule has 0 unspecified atom stereocenters. The fourth-order valence-electron chi connectivity index (χ4n) is 2.59. The molecule has 0 spiro atoms. The van der Waals surface area contributed by atoms with Gasteiger partial charge in [-0.15, -0.1) is 0 Å². The summed E-state index contributed by atoms with van der Waals surface area (Å²) in [6.07, 6.45) is 1.44. The Morgan fingerprint density at radius 2 is 1.90 bits per heavy atom. The van der Waals surface area contributed by atoms with E-state index in [4.69, 9.17) is 4.52 Å². The van der Waals surface area contributed by atoms with Crippen LogP contribution in [0.5, 0.6) is 0 Å². The second-order valence-electron chi connectivity index (χ2n) is 4.63. The Bertz CT molecular complexity index is 896. The molecule has 6 heteroatoms. The lowest BCUT2D eigenvalue weighted by Crippen LogP contribution is -2.26. The van der Waals surface area contributed by atoms with Gasteiger partial charge in [0.15, 0.2) is 0 Å². The topological polar surface area (TPSA) is 63.4 Å². The van der Waals surface area contributed by atoms with Crippen molar-refractivity contribution in [3.05, 3.63) is 54.4 Å². The molecule has 2 heterocycles. The number of hydrogen-bond acceptors (Lipinski definition) is 4. The van der Waals surface area contributed by atoms with Gasteiger partial charge in [-0.3, -0.25) is 4.31 Å². The lowest BCUT2D eigenvalue weighted by Gasteiger charge is -2.16. The van der Waals surface area contributed by atoms with E-state index in [2.05, 4.69) is 5.16 Å². The van der Waals surface area contributed by atoms with Crippen LogP contribution in [0.4, 0.5) is 5.69 Å². The molecule has 0 saturated heterocycles. The maximum Gasteiger partial charge on any atom is 0.265 e. The van der Waals surface area contributed by atoms with Gasteiger partial charge in [0.05, 0.1) is 17.1 Å². The lowest BCUT2D eigenvalue weighted by atomic mass is 10.1. The highest BCUT2D eigenvalue weighted by molar-refractivity contribution is 7.93. The van der Waals surface area contributed by atoms with Crippen LogP contribution < -0.4 is 4.31 Å². The number of hydrogen-bond donors (Lipinski definition) is 0. The smallest absolute Gasteiger partial charge is 0.265 e. The summed E-state index contributed by atoms with van der Waals surface area (Å²) in [6, 6.07) is 12.6. The largest absolute Gasteiger partial charge is 0.364 e. The first-order valence-electron chi connectivity index (χ1n) is 6.12. The molecule has 1 aliphatic heterocycles. The first-order chi connectivity index (χ1) is 9.68. The summed E-state index contributed by atoms with van der Waals surface area (Å²) in [5.74, 6) is 0. The summed E-state index contributed by atoms with van der Waals surface area (Å²) < 4.78 is 31.5. The van der Waals surface area contributed by atoms with Gasteiger partial charge < -0.3 is 4.52 Å². The average Bonchev–Trinajstić information content (AvgIpc) is 3.02. The summed E-state index contributed by atoms with van der Waals surface area (Å²) >= 11 is 0. The van der Waals surface area contributed by atoms with Gasteiger partial charge >= 0.3 is 0 Å². The first-order valence-corrected chi connectivity index (χ1v) is 7.56. The van der Waals surface area contributed by atoms with Crippen molar-refractivity contribution in [3.8, 4) is 0 Å². The van der Waals surface area contributed by atoms with E-state index in [1.165, 1.54) is 10.6 Å². The van der Waals surface area contributed by atoms with E-state index in [-0.39, 0.29) is 6.54 Å². The third-order valence-corrected chi connectivity index (χ3v) is 5.28. The summed E-state index contributed by atoms with van der Waals surface area (Å²) in [5, 5.41) is 5.49. The molecule has 3 aromatic rings. The minimum Gasteiger partial charge on any atom is -0.364 e.